The summed E-state index contributed by atoms with van der Waals surface area (Å²) in [5.74, 6) is 0. The second-order valence-corrected chi connectivity index (χ2v) is 12.8. The molecule has 0 aliphatic heterocycles. The molecule has 0 heterocycles. The van der Waals surface area contributed by atoms with E-state index in [0.29, 0.717) is 12.8 Å². The first-order valence-corrected chi connectivity index (χ1v) is 15.9. The summed E-state index contributed by atoms with van der Waals surface area (Å²) >= 11 is 0. The van der Waals surface area contributed by atoms with E-state index in [1.165, 1.54) is 39.0 Å². The first-order chi connectivity index (χ1) is 18.3. The zero-order valence-corrected chi connectivity index (χ0v) is 24.1. The Morgan fingerprint density at radius 1 is 0.947 bits per heavy atom. The van der Waals surface area contributed by atoms with Crippen molar-refractivity contribution in [3.63, 3.8) is 0 Å². The molecule has 0 spiro atoms. The van der Waals surface area contributed by atoms with Gasteiger partial charge in [0.25, 0.3) is 0 Å². The topological polar surface area (TPSA) is 46.2 Å². The number of benzene rings is 3. The van der Waals surface area contributed by atoms with Gasteiger partial charge in [0, 0.05) is 17.6 Å². The van der Waals surface area contributed by atoms with Gasteiger partial charge in [-0.25, -0.2) is 8.42 Å². The third-order valence-electron chi connectivity index (χ3n) is 7.62. The Morgan fingerprint density at radius 2 is 1.74 bits per heavy atom. The van der Waals surface area contributed by atoms with E-state index in [0.717, 1.165) is 49.0 Å². The van der Waals surface area contributed by atoms with Crippen LogP contribution in [0.3, 0.4) is 0 Å². The van der Waals surface area contributed by atoms with Gasteiger partial charge in [0.05, 0.1) is 5.25 Å². The van der Waals surface area contributed by atoms with Crippen molar-refractivity contribution in [3.05, 3.63) is 99.4 Å². The molecule has 1 atom stereocenters. The SMILES string of the molecule is CCCc1c(CC(CC)S(C)(=O)=O)cccc1Nc1ccc(C)c(C2=CC=c3ccccc3=CCCC2)c1. The largest absolute Gasteiger partial charge is 0.355 e. The van der Waals surface area contributed by atoms with E-state index in [4.69, 9.17) is 0 Å². The fraction of sp³-hybridized carbons (Fsp3) is 0.353. The van der Waals surface area contributed by atoms with Crippen molar-refractivity contribution in [3.8, 4) is 0 Å². The molecule has 1 unspecified atom stereocenters. The van der Waals surface area contributed by atoms with Crippen LogP contribution in [0.25, 0.3) is 17.7 Å². The van der Waals surface area contributed by atoms with Crippen LogP contribution >= 0.6 is 0 Å². The monoisotopic (exact) mass is 527 g/mol. The molecule has 3 aromatic carbocycles. The maximum absolute atomic E-state index is 12.3. The van der Waals surface area contributed by atoms with Crippen LogP contribution < -0.4 is 15.8 Å². The van der Waals surface area contributed by atoms with Crippen LogP contribution in [0.15, 0.2) is 66.7 Å². The van der Waals surface area contributed by atoms with Crippen molar-refractivity contribution in [2.24, 2.45) is 0 Å². The Kier molecular flexibility index (Phi) is 9.27. The quantitative estimate of drug-likeness (QED) is 0.330. The fourth-order valence-corrected chi connectivity index (χ4v) is 6.52. The molecule has 0 radical (unpaired) electrons. The second-order valence-electron chi connectivity index (χ2n) is 10.5. The van der Waals surface area contributed by atoms with E-state index in [1.54, 1.807) is 0 Å². The molecule has 200 valence electrons. The maximum Gasteiger partial charge on any atom is 0.150 e. The summed E-state index contributed by atoms with van der Waals surface area (Å²) in [6.45, 7) is 6.32. The molecule has 0 amide bonds. The number of sulfone groups is 1. The van der Waals surface area contributed by atoms with Crippen LogP contribution in [0.1, 0.15) is 68.2 Å². The number of hydrogen-bond donors (Lipinski definition) is 1. The minimum Gasteiger partial charge on any atom is -0.355 e. The van der Waals surface area contributed by atoms with Crippen LogP contribution in [0.4, 0.5) is 11.4 Å². The number of allylic oxidation sites excluding steroid dienone is 2. The van der Waals surface area contributed by atoms with E-state index in [9.17, 15) is 8.42 Å². The van der Waals surface area contributed by atoms with Crippen LogP contribution in [0, 0.1) is 6.92 Å². The van der Waals surface area contributed by atoms with E-state index >= 15 is 0 Å². The lowest BCUT2D eigenvalue weighted by Crippen LogP contribution is -2.22. The van der Waals surface area contributed by atoms with Crippen molar-refractivity contribution in [1.82, 2.24) is 0 Å². The Hall–Kier alpha value is -3.11. The molecule has 0 saturated carbocycles. The molecule has 0 fully saturated rings. The Bertz CT molecular complexity index is 1530. The molecular formula is C34H41NO2S. The van der Waals surface area contributed by atoms with Gasteiger partial charge in [0.1, 0.15) is 0 Å². The maximum atomic E-state index is 12.3. The fourth-order valence-electron chi connectivity index (χ4n) is 5.43. The van der Waals surface area contributed by atoms with Crippen molar-refractivity contribution < 1.29 is 8.42 Å². The number of hydrogen-bond acceptors (Lipinski definition) is 3. The summed E-state index contributed by atoms with van der Waals surface area (Å²) in [6, 6.07) is 21.5. The summed E-state index contributed by atoms with van der Waals surface area (Å²) in [7, 11) is -3.10. The average Bonchev–Trinajstić information content (AvgIpc) is 3.00. The number of rotatable bonds is 9. The highest BCUT2D eigenvalue weighted by molar-refractivity contribution is 7.91. The van der Waals surface area contributed by atoms with Crippen molar-refractivity contribution in [1.29, 1.82) is 0 Å². The Morgan fingerprint density at radius 3 is 2.47 bits per heavy atom. The molecule has 3 nitrogen and oxygen atoms in total. The highest BCUT2D eigenvalue weighted by atomic mass is 32.2. The highest BCUT2D eigenvalue weighted by Crippen LogP contribution is 2.31. The number of anilines is 2. The summed E-state index contributed by atoms with van der Waals surface area (Å²) in [4.78, 5) is 0. The van der Waals surface area contributed by atoms with Gasteiger partial charge in [-0.2, -0.15) is 0 Å². The Labute approximate surface area is 228 Å². The zero-order chi connectivity index (χ0) is 27.1. The predicted octanol–water partition coefficient (Wildman–Crippen LogP) is 6.89. The Balaban J connectivity index is 1.69. The standard InChI is InChI=1S/C34H41NO2S/c1-5-12-32-29(23-31(6-2)38(4,36)37)17-11-18-34(32)35-30-22-19-25(3)33(24-30)28-16-10-9-14-26-13-7-8-15-27(26)20-21-28/h7-8,11,13-15,17-22,24,31,35H,5-6,9-10,12,16,23H2,1-4H3. The number of nitrogens with one attached hydrogen (secondary N) is 1. The second kappa shape index (κ2) is 12.6. The van der Waals surface area contributed by atoms with Gasteiger partial charge in [-0.1, -0.05) is 81.0 Å². The lowest BCUT2D eigenvalue weighted by atomic mass is 9.94. The van der Waals surface area contributed by atoms with Crippen molar-refractivity contribution in [2.75, 3.05) is 11.6 Å². The molecule has 0 bridgehead atoms. The molecule has 0 aromatic heterocycles. The molecule has 38 heavy (non-hydrogen) atoms. The lowest BCUT2D eigenvalue weighted by Gasteiger charge is -2.20. The van der Waals surface area contributed by atoms with Crippen LogP contribution in [0.5, 0.6) is 0 Å². The third kappa shape index (κ3) is 6.85. The van der Waals surface area contributed by atoms with E-state index < -0.39 is 9.84 Å². The minimum absolute atomic E-state index is 0.353. The highest BCUT2D eigenvalue weighted by Gasteiger charge is 2.21. The number of aryl methyl sites for hydroxylation is 1. The third-order valence-corrected chi connectivity index (χ3v) is 9.33. The van der Waals surface area contributed by atoms with Gasteiger partial charge in [0.15, 0.2) is 9.84 Å². The molecule has 0 saturated heterocycles. The summed E-state index contributed by atoms with van der Waals surface area (Å²) < 4.78 is 24.7. The summed E-state index contributed by atoms with van der Waals surface area (Å²) in [5, 5.41) is 5.91. The average molecular weight is 528 g/mol. The van der Waals surface area contributed by atoms with Crippen LogP contribution in [-0.4, -0.2) is 19.9 Å². The van der Waals surface area contributed by atoms with Gasteiger partial charge in [-0.05, 0) is 102 Å². The molecule has 1 N–H and O–H groups in total. The molecule has 3 aromatic rings. The van der Waals surface area contributed by atoms with Crippen LogP contribution in [0.2, 0.25) is 0 Å². The van der Waals surface area contributed by atoms with E-state index in [-0.39, 0.29) is 5.25 Å². The van der Waals surface area contributed by atoms with E-state index in [2.05, 4.69) is 92.0 Å². The zero-order valence-electron chi connectivity index (χ0n) is 23.3. The number of fused-ring (bicyclic) bond motifs is 1. The van der Waals surface area contributed by atoms with Gasteiger partial charge in [-0.15, -0.1) is 0 Å². The smallest absolute Gasteiger partial charge is 0.150 e. The normalized spacial score (nSPS) is 14.6. The molecule has 1 aliphatic carbocycles. The van der Waals surface area contributed by atoms with Crippen molar-refractivity contribution in [2.45, 2.75) is 71.0 Å². The van der Waals surface area contributed by atoms with E-state index in [1.807, 2.05) is 13.0 Å². The first-order valence-electron chi connectivity index (χ1n) is 13.9. The first kappa shape index (κ1) is 27.9. The van der Waals surface area contributed by atoms with Gasteiger partial charge in [-0.3, -0.25) is 0 Å². The van der Waals surface area contributed by atoms with Crippen LogP contribution in [-0.2, 0) is 22.7 Å². The molecule has 1 aliphatic rings. The molecule has 4 rings (SSSR count). The van der Waals surface area contributed by atoms with Gasteiger partial charge < -0.3 is 5.32 Å². The lowest BCUT2D eigenvalue weighted by molar-refractivity contribution is 0.579. The summed E-state index contributed by atoms with van der Waals surface area (Å²) in [6.07, 6.45) is 14.6. The predicted molar refractivity (Wildman–Crippen MR) is 164 cm³/mol. The molecule has 4 heteroatoms. The molecular weight excluding hydrogens is 486 g/mol. The minimum atomic E-state index is -3.10. The van der Waals surface area contributed by atoms with Gasteiger partial charge in [0.2, 0.25) is 0 Å². The van der Waals surface area contributed by atoms with Gasteiger partial charge >= 0.3 is 0 Å². The van der Waals surface area contributed by atoms with Crippen molar-refractivity contribution >= 4 is 38.9 Å². The summed E-state index contributed by atoms with van der Waals surface area (Å²) in [5.41, 5.74) is 8.39.